The van der Waals surface area contributed by atoms with Crippen LogP contribution in [0.1, 0.15) is 29.8 Å². The minimum absolute atomic E-state index is 0.0252. The molecule has 4 heterocycles. The minimum atomic E-state index is -0.0252. The largest absolute Gasteiger partial charge is 0.342 e. The van der Waals surface area contributed by atoms with Gasteiger partial charge in [0.25, 0.3) is 5.91 Å². The van der Waals surface area contributed by atoms with Gasteiger partial charge in [0, 0.05) is 56.0 Å². The smallest absolute Gasteiger partial charge is 0.272 e. The van der Waals surface area contributed by atoms with Gasteiger partial charge in [-0.1, -0.05) is 0 Å². The molecule has 2 saturated heterocycles. The summed E-state index contributed by atoms with van der Waals surface area (Å²) >= 11 is 0. The minimum Gasteiger partial charge on any atom is -0.342 e. The lowest BCUT2D eigenvalue weighted by atomic mass is 10.0. The van der Waals surface area contributed by atoms with Crippen LogP contribution in [0, 0.1) is 17.8 Å². The molecule has 2 aromatic rings. The van der Waals surface area contributed by atoms with Gasteiger partial charge in [-0.15, -0.1) is 0 Å². The number of nitrogens with zero attached hydrogens (tertiary/aromatic N) is 4. The number of fused-ring (bicyclic) bond motifs is 2. The summed E-state index contributed by atoms with van der Waals surface area (Å²) in [6, 6.07) is 7.49. The summed E-state index contributed by atoms with van der Waals surface area (Å²) in [6.07, 6.45) is 4.83. The van der Waals surface area contributed by atoms with Crippen molar-refractivity contribution in [1.82, 2.24) is 19.8 Å². The molecule has 2 aliphatic heterocycles. The van der Waals surface area contributed by atoms with E-state index in [-0.39, 0.29) is 5.91 Å². The molecular weight excluding hydrogens is 328 g/mol. The maximum absolute atomic E-state index is 12.8. The molecule has 2 amide bonds. The van der Waals surface area contributed by atoms with Gasteiger partial charge in [0.05, 0.1) is 0 Å². The quantitative estimate of drug-likeness (QED) is 0.849. The van der Waals surface area contributed by atoms with Crippen molar-refractivity contribution in [3.63, 3.8) is 0 Å². The zero-order valence-electron chi connectivity index (χ0n) is 14.7. The molecule has 6 heteroatoms. The van der Waals surface area contributed by atoms with E-state index in [0.717, 1.165) is 38.0 Å². The summed E-state index contributed by atoms with van der Waals surface area (Å²) < 4.78 is 0. The van der Waals surface area contributed by atoms with Crippen LogP contribution < -0.4 is 0 Å². The molecular formula is C20H22N4O2. The van der Waals surface area contributed by atoms with E-state index in [2.05, 4.69) is 9.97 Å². The molecule has 6 nitrogen and oxygen atoms in total. The molecule has 134 valence electrons. The molecule has 2 atom stereocenters. The van der Waals surface area contributed by atoms with Crippen LogP contribution in [0.4, 0.5) is 0 Å². The van der Waals surface area contributed by atoms with Crippen molar-refractivity contribution >= 4 is 22.8 Å². The molecule has 0 bridgehead atoms. The molecule has 0 unspecified atom stereocenters. The Labute approximate surface area is 152 Å². The topological polar surface area (TPSA) is 66.4 Å². The summed E-state index contributed by atoms with van der Waals surface area (Å²) in [7, 11) is 0. The second-order valence-electron chi connectivity index (χ2n) is 7.92. The first-order chi connectivity index (χ1) is 12.7. The number of pyridine rings is 2. The molecule has 5 rings (SSSR count). The van der Waals surface area contributed by atoms with Gasteiger partial charge in [0.15, 0.2) is 5.65 Å². The van der Waals surface area contributed by atoms with Crippen LogP contribution in [0.3, 0.4) is 0 Å². The second kappa shape index (κ2) is 6.04. The van der Waals surface area contributed by atoms with E-state index < -0.39 is 0 Å². The van der Waals surface area contributed by atoms with Gasteiger partial charge in [-0.05, 0) is 43.0 Å². The third kappa shape index (κ3) is 2.83. The zero-order valence-corrected chi connectivity index (χ0v) is 14.7. The number of carbonyl (C=O) groups excluding carboxylic acids is 2. The van der Waals surface area contributed by atoms with Crippen LogP contribution in [0.5, 0.6) is 0 Å². The molecule has 26 heavy (non-hydrogen) atoms. The fourth-order valence-corrected chi connectivity index (χ4v) is 4.29. The van der Waals surface area contributed by atoms with Crippen molar-refractivity contribution in [3.8, 4) is 0 Å². The van der Waals surface area contributed by atoms with Gasteiger partial charge in [-0.3, -0.25) is 9.59 Å². The Kier molecular flexibility index (Phi) is 3.65. The third-order valence-electron chi connectivity index (χ3n) is 5.97. The number of aromatic nitrogens is 2. The Morgan fingerprint density at radius 1 is 1.00 bits per heavy atom. The van der Waals surface area contributed by atoms with Crippen LogP contribution in [0.15, 0.2) is 30.5 Å². The number of likely N-dealkylation sites (tertiary alicyclic amines) is 2. The Balaban J connectivity index is 1.25. The molecule has 1 saturated carbocycles. The van der Waals surface area contributed by atoms with Crippen LogP contribution >= 0.6 is 0 Å². The lowest BCUT2D eigenvalue weighted by Crippen LogP contribution is -2.36. The number of carbonyl (C=O) groups is 2. The lowest BCUT2D eigenvalue weighted by Gasteiger charge is -2.21. The zero-order chi connectivity index (χ0) is 17.7. The number of hydrogen-bond acceptors (Lipinski definition) is 4. The molecule has 0 N–H and O–H groups in total. The van der Waals surface area contributed by atoms with Gasteiger partial charge in [-0.2, -0.15) is 0 Å². The highest BCUT2D eigenvalue weighted by Gasteiger charge is 2.43. The molecule has 0 radical (unpaired) electrons. The van der Waals surface area contributed by atoms with Crippen LogP contribution in [0.2, 0.25) is 0 Å². The summed E-state index contributed by atoms with van der Waals surface area (Å²) in [5.74, 6) is 1.72. The maximum Gasteiger partial charge on any atom is 0.272 e. The fraction of sp³-hybridized carbons (Fsp3) is 0.500. The van der Waals surface area contributed by atoms with E-state index in [1.807, 2.05) is 28.0 Å². The predicted molar refractivity (Wildman–Crippen MR) is 96.3 cm³/mol. The number of amides is 2. The van der Waals surface area contributed by atoms with Crippen molar-refractivity contribution in [2.45, 2.75) is 19.3 Å². The summed E-state index contributed by atoms with van der Waals surface area (Å²) in [5.41, 5.74) is 1.06. The van der Waals surface area contributed by atoms with E-state index in [1.165, 1.54) is 12.8 Å². The highest BCUT2D eigenvalue weighted by molar-refractivity contribution is 5.94. The number of hydrogen-bond donors (Lipinski definition) is 0. The molecule has 0 spiro atoms. The van der Waals surface area contributed by atoms with E-state index in [9.17, 15) is 9.59 Å². The fourth-order valence-electron chi connectivity index (χ4n) is 4.29. The Bertz CT molecular complexity index is 865. The van der Waals surface area contributed by atoms with E-state index >= 15 is 0 Å². The normalized spacial score (nSPS) is 24.9. The highest BCUT2D eigenvalue weighted by Crippen LogP contribution is 2.36. The first-order valence-electron chi connectivity index (χ1n) is 9.46. The second-order valence-corrected chi connectivity index (χ2v) is 7.92. The van der Waals surface area contributed by atoms with Crippen LogP contribution in [-0.2, 0) is 4.79 Å². The lowest BCUT2D eigenvalue weighted by molar-refractivity contribution is -0.130. The van der Waals surface area contributed by atoms with Crippen LogP contribution in [-0.4, -0.2) is 57.8 Å². The molecule has 3 fully saturated rings. The van der Waals surface area contributed by atoms with Crippen LogP contribution in [0.25, 0.3) is 11.0 Å². The average molecular weight is 350 g/mol. The van der Waals surface area contributed by atoms with E-state index in [4.69, 9.17) is 0 Å². The van der Waals surface area contributed by atoms with Gasteiger partial charge in [0.1, 0.15) is 5.69 Å². The number of rotatable bonds is 3. The van der Waals surface area contributed by atoms with Gasteiger partial charge in [0.2, 0.25) is 5.91 Å². The van der Waals surface area contributed by atoms with Gasteiger partial charge < -0.3 is 9.80 Å². The molecule has 1 aliphatic carbocycles. The Morgan fingerprint density at radius 2 is 1.73 bits per heavy atom. The predicted octanol–water partition coefficient (Wildman–Crippen LogP) is 1.96. The van der Waals surface area contributed by atoms with Crippen molar-refractivity contribution in [1.29, 1.82) is 0 Å². The summed E-state index contributed by atoms with van der Waals surface area (Å²) in [4.78, 5) is 37.8. The summed E-state index contributed by atoms with van der Waals surface area (Å²) in [6.45, 7) is 3.04. The Hall–Kier alpha value is -2.50. The van der Waals surface area contributed by atoms with Gasteiger partial charge in [-0.25, -0.2) is 9.97 Å². The highest BCUT2D eigenvalue weighted by atomic mass is 16.2. The van der Waals surface area contributed by atoms with Gasteiger partial charge >= 0.3 is 0 Å². The SMILES string of the molecule is O=C(CC1CC1)N1C[C@@H]2CN(C(=O)c3ccc4cccnc4n3)C[C@@H]2C1. The molecule has 3 aliphatic rings. The third-order valence-corrected chi connectivity index (χ3v) is 5.97. The van der Waals surface area contributed by atoms with Crippen molar-refractivity contribution in [2.24, 2.45) is 17.8 Å². The van der Waals surface area contributed by atoms with Crippen molar-refractivity contribution < 1.29 is 9.59 Å². The Morgan fingerprint density at radius 3 is 2.46 bits per heavy atom. The molecule has 0 aromatic carbocycles. The average Bonchev–Trinajstić information content (AvgIpc) is 3.24. The monoisotopic (exact) mass is 350 g/mol. The van der Waals surface area contributed by atoms with E-state index in [1.54, 1.807) is 12.3 Å². The van der Waals surface area contributed by atoms with Crippen molar-refractivity contribution in [3.05, 3.63) is 36.2 Å². The summed E-state index contributed by atoms with van der Waals surface area (Å²) in [5, 5.41) is 0.937. The first kappa shape index (κ1) is 15.7. The molecule has 2 aromatic heterocycles. The van der Waals surface area contributed by atoms with Crippen molar-refractivity contribution in [2.75, 3.05) is 26.2 Å². The maximum atomic E-state index is 12.8. The van der Waals surface area contributed by atoms with E-state index in [0.29, 0.717) is 35.0 Å². The first-order valence-corrected chi connectivity index (χ1v) is 9.46. The standard InChI is InChI=1S/C20H22N4O2/c25-18(8-13-3-4-13)23-9-15-11-24(12-16(15)10-23)20(26)17-6-5-14-2-1-7-21-19(14)22-17/h1-2,5-7,13,15-16H,3-4,8-12H2/t15-,16+.